The number of aromatic nitrogens is 1. The van der Waals surface area contributed by atoms with E-state index in [4.69, 9.17) is 22.1 Å². The molecular formula is C29H26ClN3O2. The summed E-state index contributed by atoms with van der Waals surface area (Å²) in [6, 6.07) is 29.5. The number of nitrogens with zero attached hydrogens (tertiary/aromatic N) is 1. The molecule has 0 fully saturated rings. The molecule has 0 aliphatic rings. The number of H-pyrrole nitrogens is 1. The number of Topliss-reactive ketones (excluding diaryl/α,β-unsaturated/α-hetero) is 1. The van der Waals surface area contributed by atoms with E-state index in [1.807, 2.05) is 42.5 Å². The highest BCUT2D eigenvalue weighted by Crippen LogP contribution is 2.28. The first-order chi connectivity index (χ1) is 17.1. The minimum absolute atomic E-state index is 0.0104. The number of rotatable bonds is 9. The normalized spacial score (nSPS) is 11.4. The van der Waals surface area contributed by atoms with Gasteiger partial charge in [-0.15, -0.1) is 0 Å². The van der Waals surface area contributed by atoms with Gasteiger partial charge in [0.25, 0.3) is 0 Å². The van der Waals surface area contributed by atoms with Crippen molar-refractivity contribution in [2.24, 2.45) is 0 Å². The Morgan fingerprint density at radius 3 is 2.49 bits per heavy atom. The minimum atomic E-state index is -0.0104. The van der Waals surface area contributed by atoms with Crippen molar-refractivity contribution >= 4 is 44.9 Å². The van der Waals surface area contributed by atoms with Gasteiger partial charge in [-0.2, -0.15) is 0 Å². The summed E-state index contributed by atoms with van der Waals surface area (Å²) in [6.45, 7) is 1.93. The minimum Gasteiger partial charge on any atom is -0.492 e. The number of para-hydroxylation sites is 1. The number of aromatic amines is 1. The maximum Gasteiger partial charge on any atom is 0.176 e. The average Bonchev–Trinajstić information content (AvgIpc) is 3.24. The molecule has 4 aromatic carbocycles. The number of fused-ring (bicyclic) bond motifs is 3. The zero-order chi connectivity index (χ0) is 24.2. The largest absolute Gasteiger partial charge is 0.492 e. The SMILES string of the molecule is Nc1cc(C(=O)CN(CCOc2ccc3c(c2)[nH]c2ccccc23)Cc2ccccc2)ccc1Cl. The lowest BCUT2D eigenvalue weighted by Crippen LogP contribution is -2.33. The summed E-state index contributed by atoms with van der Waals surface area (Å²) in [5, 5.41) is 2.82. The van der Waals surface area contributed by atoms with Crippen LogP contribution < -0.4 is 10.5 Å². The van der Waals surface area contributed by atoms with Crippen molar-refractivity contribution in [1.29, 1.82) is 0 Å². The molecule has 0 saturated carbocycles. The second-order valence-corrected chi connectivity index (χ2v) is 8.99. The lowest BCUT2D eigenvalue weighted by molar-refractivity contribution is 0.0912. The molecule has 176 valence electrons. The summed E-state index contributed by atoms with van der Waals surface area (Å²) in [5.41, 5.74) is 10.1. The fourth-order valence-electron chi connectivity index (χ4n) is 4.28. The summed E-state index contributed by atoms with van der Waals surface area (Å²) in [7, 11) is 0. The summed E-state index contributed by atoms with van der Waals surface area (Å²) in [5.74, 6) is 0.782. The van der Waals surface area contributed by atoms with Gasteiger partial charge in [0.2, 0.25) is 0 Å². The van der Waals surface area contributed by atoms with Gasteiger partial charge in [-0.3, -0.25) is 9.69 Å². The lowest BCUT2D eigenvalue weighted by Gasteiger charge is -2.22. The topological polar surface area (TPSA) is 71.3 Å². The van der Waals surface area contributed by atoms with Crippen molar-refractivity contribution in [3.63, 3.8) is 0 Å². The fourth-order valence-corrected chi connectivity index (χ4v) is 4.40. The van der Waals surface area contributed by atoms with Gasteiger partial charge >= 0.3 is 0 Å². The van der Waals surface area contributed by atoms with Crippen molar-refractivity contribution in [2.45, 2.75) is 6.54 Å². The average molecular weight is 484 g/mol. The van der Waals surface area contributed by atoms with Crippen molar-refractivity contribution in [3.05, 3.63) is 107 Å². The molecule has 5 rings (SSSR count). The molecule has 6 heteroatoms. The van der Waals surface area contributed by atoms with E-state index in [1.54, 1.807) is 18.2 Å². The summed E-state index contributed by atoms with van der Waals surface area (Å²) in [4.78, 5) is 18.5. The first-order valence-corrected chi connectivity index (χ1v) is 11.9. The predicted octanol–water partition coefficient (Wildman–Crippen LogP) is 6.32. The van der Waals surface area contributed by atoms with Crippen LogP contribution in [0, 0.1) is 0 Å². The predicted molar refractivity (Wildman–Crippen MR) is 143 cm³/mol. The molecule has 0 amide bonds. The molecule has 0 spiro atoms. The zero-order valence-electron chi connectivity index (χ0n) is 19.2. The van der Waals surface area contributed by atoms with Gasteiger partial charge in [-0.25, -0.2) is 0 Å². The Kier molecular flexibility index (Phi) is 6.70. The van der Waals surface area contributed by atoms with Gasteiger partial charge in [0.15, 0.2) is 5.78 Å². The standard InChI is InChI=1S/C29H26ClN3O2/c30-25-13-10-21(16-26(25)31)29(34)19-33(18-20-6-2-1-3-7-20)14-15-35-22-11-12-24-23-8-4-5-9-27(23)32-28(24)17-22/h1-13,16-17,32H,14-15,18-19,31H2. The Hall–Kier alpha value is -3.80. The van der Waals surface area contributed by atoms with Crippen LogP contribution in [0.5, 0.6) is 5.75 Å². The van der Waals surface area contributed by atoms with Crippen LogP contribution in [-0.2, 0) is 6.54 Å². The van der Waals surface area contributed by atoms with Crippen molar-refractivity contribution in [2.75, 3.05) is 25.4 Å². The molecule has 35 heavy (non-hydrogen) atoms. The molecule has 5 aromatic rings. The van der Waals surface area contributed by atoms with Crippen LogP contribution in [0.4, 0.5) is 5.69 Å². The van der Waals surface area contributed by atoms with E-state index in [-0.39, 0.29) is 12.3 Å². The first kappa shape index (κ1) is 23.0. The van der Waals surface area contributed by atoms with E-state index in [0.717, 1.165) is 22.3 Å². The van der Waals surface area contributed by atoms with E-state index in [0.29, 0.717) is 36.0 Å². The van der Waals surface area contributed by atoms with Crippen LogP contribution in [0.25, 0.3) is 21.8 Å². The number of hydrogen-bond acceptors (Lipinski definition) is 4. The number of halogens is 1. The summed E-state index contributed by atoms with van der Waals surface area (Å²) >= 11 is 6.02. The van der Waals surface area contributed by atoms with Gasteiger partial charge in [-0.05, 0) is 42.0 Å². The number of nitrogens with one attached hydrogen (secondary N) is 1. The lowest BCUT2D eigenvalue weighted by atomic mass is 10.1. The Labute approximate surface area is 209 Å². The molecule has 0 aliphatic carbocycles. The number of carbonyl (C=O) groups is 1. The fraction of sp³-hybridized carbons (Fsp3) is 0.138. The summed E-state index contributed by atoms with van der Waals surface area (Å²) in [6.07, 6.45) is 0. The second-order valence-electron chi connectivity index (χ2n) is 8.58. The number of benzene rings is 4. The van der Waals surface area contributed by atoms with E-state index in [2.05, 4.69) is 40.2 Å². The number of hydrogen-bond donors (Lipinski definition) is 2. The summed E-state index contributed by atoms with van der Waals surface area (Å²) < 4.78 is 6.09. The van der Waals surface area contributed by atoms with Gasteiger partial charge in [0.05, 0.1) is 22.8 Å². The van der Waals surface area contributed by atoms with Crippen LogP contribution in [0.3, 0.4) is 0 Å². The molecule has 0 unspecified atom stereocenters. The molecule has 0 bridgehead atoms. The van der Waals surface area contributed by atoms with Crippen LogP contribution in [0.15, 0.2) is 91.0 Å². The second kappa shape index (κ2) is 10.2. The third-order valence-corrected chi connectivity index (χ3v) is 6.43. The van der Waals surface area contributed by atoms with Crippen LogP contribution >= 0.6 is 11.6 Å². The molecule has 5 nitrogen and oxygen atoms in total. The Morgan fingerprint density at radius 1 is 0.886 bits per heavy atom. The van der Waals surface area contributed by atoms with Crippen molar-refractivity contribution in [1.82, 2.24) is 9.88 Å². The van der Waals surface area contributed by atoms with E-state index >= 15 is 0 Å². The van der Waals surface area contributed by atoms with Gasteiger partial charge in [0, 0.05) is 41.0 Å². The smallest absolute Gasteiger partial charge is 0.176 e. The Bertz CT molecular complexity index is 1480. The molecule has 0 saturated heterocycles. The molecule has 1 heterocycles. The van der Waals surface area contributed by atoms with Crippen LogP contribution in [0.1, 0.15) is 15.9 Å². The molecule has 0 radical (unpaired) electrons. The quantitative estimate of drug-likeness (QED) is 0.190. The van der Waals surface area contributed by atoms with Gasteiger partial charge in [-0.1, -0.05) is 60.1 Å². The Balaban J connectivity index is 1.28. The first-order valence-electron chi connectivity index (χ1n) is 11.5. The van der Waals surface area contributed by atoms with Gasteiger partial charge < -0.3 is 15.5 Å². The third kappa shape index (κ3) is 5.32. The number of ketones is 1. The monoisotopic (exact) mass is 483 g/mol. The van der Waals surface area contributed by atoms with E-state index in [1.165, 1.54) is 10.8 Å². The maximum absolute atomic E-state index is 13.0. The number of nitrogens with two attached hydrogens (primary N) is 1. The molecule has 0 aliphatic heterocycles. The Morgan fingerprint density at radius 2 is 1.66 bits per heavy atom. The highest BCUT2D eigenvalue weighted by Gasteiger charge is 2.15. The zero-order valence-corrected chi connectivity index (χ0v) is 20.0. The van der Waals surface area contributed by atoms with Crippen molar-refractivity contribution in [3.8, 4) is 5.75 Å². The number of anilines is 1. The number of ether oxygens (including phenoxy) is 1. The van der Waals surface area contributed by atoms with Crippen molar-refractivity contribution < 1.29 is 9.53 Å². The number of carbonyl (C=O) groups excluding carboxylic acids is 1. The maximum atomic E-state index is 13.0. The molecule has 3 N–H and O–H groups in total. The van der Waals surface area contributed by atoms with Gasteiger partial charge in [0.1, 0.15) is 12.4 Å². The molecule has 1 aromatic heterocycles. The molecular weight excluding hydrogens is 458 g/mol. The van der Waals surface area contributed by atoms with E-state index in [9.17, 15) is 4.79 Å². The molecule has 0 atom stereocenters. The number of nitrogen functional groups attached to an aromatic ring is 1. The highest BCUT2D eigenvalue weighted by atomic mass is 35.5. The van der Waals surface area contributed by atoms with Crippen LogP contribution in [-0.4, -0.2) is 35.4 Å². The highest BCUT2D eigenvalue weighted by molar-refractivity contribution is 6.33. The van der Waals surface area contributed by atoms with E-state index < -0.39 is 0 Å². The van der Waals surface area contributed by atoms with Crippen LogP contribution in [0.2, 0.25) is 5.02 Å². The third-order valence-electron chi connectivity index (χ3n) is 6.09.